The van der Waals surface area contributed by atoms with Gasteiger partial charge in [-0.15, -0.1) is 0 Å². The fourth-order valence-electron chi connectivity index (χ4n) is 2.25. The van der Waals surface area contributed by atoms with Crippen LogP contribution in [-0.2, 0) is 4.79 Å². The van der Waals surface area contributed by atoms with Crippen molar-refractivity contribution >= 4 is 40.9 Å². The van der Waals surface area contributed by atoms with E-state index in [4.69, 9.17) is 28.3 Å². The van der Waals surface area contributed by atoms with Gasteiger partial charge in [0.25, 0.3) is 0 Å². The highest BCUT2D eigenvalue weighted by molar-refractivity contribution is 6.35. The Morgan fingerprint density at radius 3 is 2.45 bits per heavy atom. The average molecular weight is 317 g/mol. The maximum absolute atomic E-state index is 12.2. The fourth-order valence-corrected chi connectivity index (χ4v) is 2.78. The lowest BCUT2D eigenvalue weighted by molar-refractivity contribution is -0.143. The molecule has 1 fully saturated rings. The number of rotatable bonds is 2. The number of carboxylic acid groups (broad SMARTS) is 1. The van der Waals surface area contributed by atoms with E-state index in [9.17, 15) is 9.59 Å². The van der Waals surface area contributed by atoms with Gasteiger partial charge in [-0.25, -0.2) is 9.59 Å². The minimum Gasteiger partial charge on any atom is -0.480 e. The van der Waals surface area contributed by atoms with E-state index >= 15 is 0 Å². The van der Waals surface area contributed by atoms with Crippen molar-refractivity contribution in [2.45, 2.75) is 25.3 Å². The Balaban J connectivity index is 2.11. The van der Waals surface area contributed by atoms with Crippen molar-refractivity contribution in [3.63, 3.8) is 0 Å². The van der Waals surface area contributed by atoms with Crippen LogP contribution in [0.3, 0.4) is 0 Å². The number of aliphatic carboxylic acids is 1. The van der Waals surface area contributed by atoms with Gasteiger partial charge in [0.15, 0.2) is 0 Å². The van der Waals surface area contributed by atoms with Gasteiger partial charge in [-0.2, -0.15) is 0 Å². The number of piperidine rings is 1. The van der Waals surface area contributed by atoms with Crippen molar-refractivity contribution in [1.82, 2.24) is 4.90 Å². The number of urea groups is 1. The Morgan fingerprint density at radius 2 is 1.85 bits per heavy atom. The molecule has 2 N–H and O–H groups in total. The average Bonchev–Trinajstić information content (AvgIpc) is 2.37. The summed E-state index contributed by atoms with van der Waals surface area (Å²) in [5.74, 6) is -0.982. The number of hydrogen-bond acceptors (Lipinski definition) is 2. The highest BCUT2D eigenvalue weighted by Gasteiger charge is 2.31. The lowest BCUT2D eigenvalue weighted by Gasteiger charge is -2.32. The van der Waals surface area contributed by atoms with Gasteiger partial charge in [0.1, 0.15) is 6.04 Å². The number of hydrogen-bond donors (Lipinski definition) is 2. The maximum Gasteiger partial charge on any atom is 0.326 e. The third kappa shape index (κ3) is 3.55. The molecular weight excluding hydrogens is 303 g/mol. The standard InChI is InChI=1S/C13H14Cl2N2O3/c14-8-5-9(15)7-10(6-8)16-13(20)17-4-2-1-3-11(17)12(18)19/h5-7,11H,1-4H2,(H,16,20)(H,18,19)/t11-/m1/s1. The van der Waals surface area contributed by atoms with Crippen LogP contribution in [0.15, 0.2) is 18.2 Å². The van der Waals surface area contributed by atoms with E-state index in [1.54, 1.807) is 18.2 Å². The third-order valence-electron chi connectivity index (χ3n) is 3.16. The zero-order chi connectivity index (χ0) is 14.7. The fraction of sp³-hybridized carbons (Fsp3) is 0.385. The number of carbonyl (C=O) groups excluding carboxylic acids is 1. The van der Waals surface area contributed by atoms with E-state index in [2.05, 4.69) is 5.32 Å². The molecule has 0 unspecified atom stereocenters. The summed E-state index contributed by atoms with van der Waals surface area (Å²) >= 11 is 11.7. The second-order valence-corrected chi connectivity index (χ2v) is 5.50. The largest absolute Gasteiger partial charge is 0.480 e. The predicted octanol–water partition coefficient (Wildman–Crippen LogP) is 3.46. The van der Waals surface area contributed by atoms with Crippen molar-refractivity contribution in [3.05, 3.63) is 28.2 Å². The summed E-state index contributed by atoms with van der Waals surface area (Å²) in [5, 5.41) is 12.6. The molecule has 0 spiro atoms. The van der Waals surface area contributed by atoms with Gasteiger partial charge in [-0.1, -0.05) is 23.2 Å². The summed E-state index contributed by atoms with van der Waals surface area (Å²) in [6, 6.07) is 3.45. The molecule has 0 bridgehead atoms. The van der Waals surface area contributed by atoms with Gasteiger partial charge in [0, 0.05) is 22.3 Å². The van der Waals surface area contributed by atoms with Crippen LogP contribution in [0.4, 0.5) is 10.5 Å². The smallest absolute Gasteiger partial charge is 0.326 e. The Kier molecular flexibility index (Phi) is 4.73. The molecule has 0 saturated carbocycles. The first-order valence-electron chi connectivity index (χ1n) is 6.24. The highest BCUT2D eigenvalue weighted by atomic mass is 35.5. The minimum absolute atomic E-state index is 0.404. The third-order valence-corrected chi connectivity index (χ3v) is 3.60. The second-order valence-electron chi connectivity index (χ2n) is 4.63. The van der Waals surface area contributed by atoms with E-state index in [1.165, 1.54) is 4.90 Å². The molecular formula is C13H14Cl2N2O3. The molecule has 1 atom stereocenters. The number of halogens is 2. The van der Waals surface area contributed by atoms with E-state index in [-0.39, 0.29) is 0 Å². The maximum atomic E-state index is 12.2. The summed E-state index contributed by atoms with van der Waals surface area (Å²) in [6.07, 6.45) is 2.08. The quantitative estimate of drug-likeness (QED) is 0.877. The molecule has 1 saturated heterocycles. The van der Waals surface area contributed by atoms with Crippen LogP contribution < -0.4 is 5.32 Å². The van der Waals surface area contributed by atoms with Gasteiger partial charge >= 0.3 is 12.0 Å². The molecule has 20 heavy (non-hydrogen) atoms. The van der Waals surface area contributed by atoms with E-state index in [0.29, 0.717) is 28.7 Å². The number of nitrogens with zero attached hydrogens (tertiary/aromatic N) is 1. The number of likely N-dealkylation sites (tertiary alicyclic amines) is 1. The van der Waals surface area contributed by atoms with E-state index < -0.39 is 18.0 Å². The number of anilines is 1. The van der Waals surface area contributed by atoms with Crippen LogP contribution in [0.5, 0.6) is 0 Å². The Morgan fingerprint density at radius 1 is 1.20 bits per heavy atom. The monoisotopic (exact) mass is 316 g/mol. The molecule has 1 aromatic rings. The minimum atomic E-state index is -0.982. The van der Waals surface area contributed by atoms with Crippen molar-refractivity contribution < 1.29 is 14.7 Å². The molecule has 0 aliphatic carbocycles. The van der Waals surface area contributed by atoms with Gasteiger partial charge < -0.3 is 15.3 Å². The first kappa shape index (κ1) is 14.9. The van der Waals surface area contributed by atoms with Crippen LogP contribution in [0.1, 0.15) is 19.3 Å². The van der Waals surface area contributed by atoms with E-state index in [1.807, 2.05) is 0 Å². The lowest BCUT2D eigenvalue weighted by atomic mass is 10.0. The first-order valence-corrected chi connectivity index (χ1v) is 6.99. The van der Waals surface area contributed by atoms with Crippen LogP contribution in [0.2, 0.25) is 10.0 Å². The van der Waals surface area contributed by atoms with Crippen molar-refractivity contribution in [2.75, 3.05) is 11.9 Å². The van der Waals surface area contributed by atoms with Crippen molar-refractivity contribution in [3.8, 4) is 0 Å². The van der Waals surface area contributed by atoms with Gasteiger partial charge in [0.2, 0.25) is 0 Å². The molecule has 1 aliphatic heterocycles. The lowest BCUT2D eigenvalue weighted by Crippen LogP contribution is -2.49. The molecule has 2 amide bonds. The summed E-state index contributed by atoms with van der Waals surface area (Å²) in [4.78, 5) is 24.7. The van der Waals surface area contributed by atoms with E-state index in [0.717, 1.165) is 12.8 Å². The SMILES string of the molecule is O=C(O)[C@H]1CCCCN1C(=O)Nc1cc(Cl)cc(Cl)c1. The first-order chi connectivity index (χ1) is 9.47. The van der Waals surface area contributed by atoms with Gasteiger partial charge in [-0.05, 0) is 37.5 Å². The Labute approximate surface area is 126 Å². The molecule has 0 aromatic heterocycles. The molecule has 7 heteroatoms. The molecule has 0 radical (unpaired) electrons. The van der Waals surface area contributed by atoms with Crippen LogP contribution in [0, 0.1) is 0 Å². The number of nitrogens with one attached hydrogen (secondary N) is 1. The van der Waals surface area contributed by atoms with Crippen molar-refractivity contribution in [2.24, 2.45) is 0 Å². The summed E-state index contributed by atoms with van der Waals surface area (Å²) in [6.45, 7) is 0.428. The Bertz CT molecular complexity index is 516. The zero-order valence-electron chi connectivity index (χ0n) is 10.6. The van der Waals surface area contributed by atoms with Crippen LogP contribution in [0.25, 0.3) is 0 Å². The summed E-state index contributed by atoms with van der Waals surface area (Å²) in [5.41, 5.74) is 0.446. The predicted molar refractivity (Wildman–Crippen MR) is 77.5 cm³/mol. The number of benzene rings is 1. The number of carbonyl (C=O) groups is 2. The molecule has 2 rings (SSSR count). The molecule has 108 valence electrons. The number of amides is 2. The normalized spacial score (nSPS) is 18.7. The topological polar surface area (TPSA) is 69.6 Å². The number of carboxylic acids is 1. The second kappa shape index (κ2) is 6.33. The van der Waals surface area contributed by atoms with Gasteiger partial charge in [0.05, 0.1) is 0 Å². The molecule has 1 aromatic carbocycles. The molecule has 5 nitrogen and oxygen atoms in total. The Hall–Kier alpha value is -1.46. The van der Waals surface area contributed by atoms with Crippen molar-refractivity contribution in [1.29, 1.82) is 0 Å². The van der Waals surface area contributed by atoms with Crippen LogP contribution >= 0.6 is 23.2 Å². The van der Waals surface area contributed by atoms with Gasteiger partial charge in [-0.3, -0.25) is 0 Å². The highest BCUT2D eigenvalue weighted by Crippen LogP contribution is 2.24. The zero-order valence-corrected chi connectivity index (χ0v) is 12.1. The molecule has 1 heterocycles. The summed E-state index contributed by atoms with van der Waals surface area (Å²) in [7, 11) is 0. The summed E-state index contributed by atoms with van der Waals surface area (Å²) < 4.78 is 0. The van der Waals surface area contributed by atoms with Crippen LogP contribution in [-0.4, -0.2) is 34.6 Å². The molecule has 1 aliphatic rings.